The summed E-state index contributed by atoms with van der Waals surface area (Å²) in [5, 5.41) is 3.14. The molecular weight excluding hydrogens is 232 g/mol. The number of ether oxygens (including phenoxy) is 1. The quantitative estimate of drug-likeness (QED) is 0.727. The van der Waals surface area contributed by atoms with E-state index < -0.39 is 12.0 Å². The predicted molar refractivity (Wildman–Crippen MR) is 66.7 cm³/mol. The molecule has 3 N–H and O–H groups in total. The standard InChI is InChI=1S/C13H22N2O3/c1-18-12(17)10(14)7-9-8-13(15-11(9)16)5-3-2-4-6-13/h9-10H,2-8,14H2,1H3,(H,15,16)/t9?,10-/m0/s1. The van der Waals surface area contributed by atoms with E-state index in [0.29, 0.717) is 6.42 Å². The van der Waals surface area contributed by atoms with Crippen molar-refractivity contribution in [1.29, 1.82) is 0 Å². The number of hydrogen-bond acceptors (Lipinski definition) is 4. The van der Waals surface area contributed by atoms with Gasteiger partial charge in [0.2, 0.25) is 5.91 Å². The van der Waals surface area contributed by atoms with Gasteiger partial charge in [0.1, 0.15) is 6.04 Å². The molecule has 0 bridgehead atoms. The lowest BCUT2D eigenvalue weighted by molar-refractivity contribution is -0.142. The van der Waals surface area contributed by atoms with Crippen LogP contribution in [0.2, 0.25) is 0 Å². The van der Waals surface area contributed by atoms with Gasteiger partial charge in [-0.05, 0) is 25.7 Å². The molecule has 2 atom stereocenters. The summed E-state index contributed by atoms with van der Waals surface area (Å²) in [6, 6.07) is -0.690. The number of amides is 1. The van der Waals surface area contributed by atoms with E-state index in [1.807, 2.05) is 0 Å². The van der Waals surface area contributed by atoms with Gasteiger partial charge in [0.25, 0.3) is 0 Å². The second-order valence-electron chi connectivity index (χ2n) is 5.60. The molecule has 0 radical (unpaired) electrons. The Morgan fingerprint density at radius 2 is 2.17 bits per heavy atom. The highest BCUT2D eigenvalue weighted by atomic mass is 16.5. The molecule has 5 heteroatoms. The molecule has 5 nitrogen and oxygen atoms in total. The molecule has 2 aliphatic rings. The molecule has 1 aliphatic heterocycles. The Morgan fingerprint density at radius 1 is 1.50 bits per heavy atom. The highest BCUT2D eigenvalue weighted by Gasteiger charge is 2.45. The van der Waals surface area contributed by atoms with Crippen molar-refractivity contribution in [3.05, 3.63) is 0 Å². The molecule has 102 valence electrons. The maximum atomic E-state index is 12.0. The zero-order chi connectivity index (χ0) is 13.2. The normalized spacial score (nSPS) is 27.9. The summed E-state index contributed by atoms with van der Waals surface area (Å²) in [6.07, 6.45) is 6.93. The third-order valence-corrected chi connectivity index (χ3v) is 4.25. The average molecular weight is 254 g/mol. The number of methoxy groups -OCH3 is 1. The molecule has 2 rings (SSSR count). The Morgan fingerprint density at radius 3 is 2.78 bits per heavy atom. The second-order valence-corrected chi connectivity index (χ2v) is 5.60. The minimum Gasteiger partial charge on any atom is -0.468 e. The van der Waals surface area contributed by atoms with E-state index >= 15 is 0 Å². The van der Waals surface area contributed by atoms with Crippen LogP contribution in [-0.4, -0.2) is 30.6 Å². The average Bonchev–Trinajstić information content (AvgIpc) is 2.65. The van der Waals surface area contributed by atoms with Crippen LogP contribution in [0.4, 0.5) is 0 Å². The van der Waals surface area contributed by atoms with Gasteiger partial charge in [-0.25, -0.2) is 0 Å². The molecule has 1 spiro atoms. The first-order chi connectivity index (χ1) is 8.56. The fourth-order valence-electron chi connectivity index (χ4n) is 3.28. The Labute approximate surface area is 107 Å². The molecule has 1 unspecified atom stereocenters. The van der Waals surface area contributed by atoms with Gasteiger partial charge in [0, 0.05) is 11.5 Å². The number of nitrogens with two attached hydrogens (primary N) is 1. The van der Waals surface area contributed by atoms with E-state index in [-0.39, 0.29) is 17.4 Å². The van der Waals surface area contributed by atoms with Crippen LogP contribution in [0.25, 0.3) is 0 Å². The van der Waals surface area contributed by atoms with E-state index in [1.165, 1.54) is 26.4 Å². The lowest BCUT2D eigenvalue weighted by Crippen LogP contribution is -2.42. The van der Waals surface area contributed by atoms with Crippen LogP contribution in [-0.2, 0) is 14.3 Å². The first-order valence-electron chi connectivity index (χ1n) is 6.72. The van der Waals surface area contributed by atoms with Gasteiger partial charge in [-0.15, -0.1) is 0 Å². The van der Waals surface area contributed by atoms with Crippen molar-refractivity contribution < 1.29 is 14.3 Å². The molecule has 2 fully saturated rings. The lowest BCUT2D eigenvalue weighted by atomic mass is 9.78. The molecule has 0 aromatic heterocycles. The molecule has 18 heavy (non-hydrogen) atoms. The summed E-state index contributed by atoms with van der Waals surface area (Å²) < 4.78 is 4.60. The van der Waals surface area contributed by atoms with Crippen LogP contribution in [0, 0.1) is 5.92 Å². The van der Waals surface area contributed by atoms with Crippen molar-refractivity contribution in [2.24, 2.45) is 11.7 Å². The van der Waals surface area contributed by atoms with Gasteiger partial charge in [-0.1, -0.05) is 19.3 Å². The maximum absolute atomic E-state index is 12.0. The highest BCUT2D eigenvalue weighted by Crippen LogP contribution is 2.39. The summed E-state index contributed by atoms with van der Waals surface area (Å²) in [5.74, 6) is -0.527. The topological polar surface area (TPSA) is 81.4 Å². The Kier molecular flexibility index (Phi) is 3.90. The van der Waals surface area contributed by atoms with Crippen LogP contribution in [0.15, 0.2) is 0 Å². The number of rotatable bonds is 3. The monoisotopic (exact) mass is 254 g/mol. The maximum Gasteiger partial charge on any atom is 0.322 e. The number of carbonyl (C=O) groups is 2. The van der Waals surface area contributed by atoms with Crippen LogP contribution in [0.1, 0.15) is 44.9 Å². The largest absolute Gasteiger partial charge is 0.468 e. The van der Waals surface area contributed by atoms with Crippen molar-refractivity contribution in [3.8, 4) is 0 Å². The van der Waals surface area contributed by atoms with Crippen molar-refractivity contribution >= 4 is 11.9 Å². The van der Waals surface area contributed by atoms with E-state index in [9.17, 15) is 9.59 Å². The summed E-state index contributed by atoms with van der Waals surface area (Å²) in [7, 11) is 1.32. The van der Waals surface area contributed by atoms with Gasteiger partial charge in [0.05, 0.1) is 7.11 Å². The van der Waals surface area contributed by atoms with Gasteiger partial charge in [0.15, 0.2) is 0 Å². The molecule has 1 aliphatic carbocycles. The molecular formula is C13H22N2O3. The summed E-state index contributed by atoms with van der Waals surface area (Å²) in [6.45, 7) is 0. The van der Waals surface area contributed by atoms with Gasteiger partial charge in [-0.3, -0.25) is 9.59 Å². The SMILES string of the molecule is COC(=O)[C@@H](N)CC1CC2(CCCCC2)NC1=O. The summed E-state index contributed by atoms with van der Waals surface area (Å²) in [5.41, 5.74) is 5.72. The number of hydrogen-bond donors (Lipinski definition) is 2. The van der Waals surface area contributed by atoms with Crippen molar-refractivity contribution in [3.63, 3.8) is 0 Å². The Bertz CT molecular complexity index is 337. The zero-order valence-corrected chi connectivity index (χ0v) is 10.9. The molecule has 1 heterocycles. The molecule has 1 amide bonds. The fraction of sp³-hybridized carbons (Fsp3) is 0.846. The Hall–Kier alpha value is -1.10. The predicted octanol–water partition coefficient (Wildman–Crippen LogP) is 0.716. The Balaban J connectivity index is 1.94. The van der Waals surface area contributed by atoms with Crippen molar-refractivity contribution in [1.82, 2.24) is 5.32 Å². The van der Waals surface area contributed by atoms with Crippen molar-refractivity contribution in [2.45, 2.75) is 56.5 Å². The number of nitrogens with one attached hydrogen (secondary N) is 1. The van der Waals surface area contributed by atoms with Gasteiger partial charge in [-0.2, -0.15) is 0 Å². The van der Waals surface area contributed by atoms with Gasteiger partial charge < -0.3 is 15.8 Å². The lowest BCUT2D eigenvalue weighted by Gasteiger charge is -2.33. The minimum absolute atomic E-state index is 0.0180. The molecule has 0 aromatic carbocycles. The first-order valence-corrected chi connectivity index (χ1v) is 6.72. The minimum atomic E-state index is -0.690. The van der Waals surface area contributed by atoms with Crippen LogP contribution in [0.3, 0.4) is 0 Å². The first kappa shape index (κ1) is 13.3. The third-order valence-electron chi connectivity index (χ3n) is 4.25. The third kappa shape index (κ3) is 2.66. The van der Waals surface area contributed by atoms with Gasteiger partial charge >= 0.3 is 5.97 Å². The molecule has 0 aromatic rings. The van der Waals surface area contributed by atoms with E-state index in [2.05, 4.69) is 10.1 Å². The molecule has 1 saturated carbocycles. The van der Waals surface area contributed by atoms with Crippen LogP contribution in [0.5, 0.6) is 0 Å². The van der Waals surface area contributed by atoms with E-state index in [0.717, 1.165) is 19.3 Å². The fourth-order valence-corrected chi connectivity index (χ4v) is 3.28. The highest BCUT2D eigenvalue weighted by molar-refractivity contribution is 5.83. The zero-order valence-electron chi connectivity index (χ0n) is 10.9. The summed E-state index contributed by atoms with van der Waals surface area (Å²) in [4.78, 5) is 23.3. The summed E-state index contributed by atoms with van der Waals surface area (Å²) >= 11 is 0. The number of esters is 1. The van der Waals surface area contributed by atoms with E-state index in [1.54, 1.807) is 0 Å². The molecule has 1 saturated heterocycles. The van der Waals surface area contributed by atoms with E-state index in [4.69, 9.17) is 5.73 Å². The van der Waals surface area contributed by atoms with Crippen LogP contribution < -0.4 is 11.1 Å². The number of carbonyl (C=O) groups excluding carboxylic acids is 2. The van der Waals surface area contributed by atoms with Crippen molar-refractivity contribution in [2.75, 3.05) is 7.11 Å². The smallest absolute Gasteiger partial charge is 0.322 e. The van der Waals surface area contributed by atoms with Crippen LogP contribution >= 0.6 is 0 Å². The second kappa shape index (κ2) is 5.26.